The van der Waals surface area contributed by atoms with Crippen LogP contribution in [-0.2, 0) is 9.47 Å². The molecule has 0 aromatic rings. The zero-order valence-electron chi connectivity index (χ0n) is 22.7. The van der Waals surface area contributed by atoms with Gasteiger partial charge >= 0.3 is 0 Å². The lowest BCUT2D eigenvalue weighted by Gasteiger charge is -2.37. The van der Waals surface area contributed by atoms with Crippen molar-refractivity contribution in [1.29, 1.82) is 0 Å². The van der Waals surface area contributed by atoms with Gasteiger partial charge in [0.1, 0.15) is 0 Å². The summed E-state index contributed by atoms with van der Waals surface area (Å²) < 4.78 is 13.3. The average molecular weight is 445 g/mol. The predicted octanol–water partition coefficient (Wildman–Crippen LogP) is 9.50. The number of ether oxygens (including phenoxy) is 2. The summed E-state index contributed by atoms with van der Waals surface area (Å²) in [7, 11) is 0. The van der Waals surface area contributed by atoms with Crippen LogP contribution < -0.4 is 0 Å². The lowest BCUT2D eigenvalue weighted by molar-refractivity contribution is -0.235. The number of hydrogen-bond acceptors (Lipinski definition) is 2. The van der Waals surface area contributed by atoms with Crippen molar-refractivity contribution in [2.45, 2.75) is 125 Å². The third-order valence-electron chi connectivity index (χ3n) is 5.86. The van der Waals surface area contributed by atoms with Crippen molar-refractivity contribution in [3.8, 4) is 0 Å². The van der Waals surface area contributed by atoms with E-state index in [1.807, 2.05) is 12.2 Å². The molecule has 2 heteroatoms. The zero-order valence-corrected chi connectivity index (χ0v) is 22.7. The number of hydrogen-bond donors (Lipinski definition) is 0. The first-order valence-corrected chi connectivity index (χ1v) is 12.4. The molecule has 0 aliphatic carbocycles. The molecule has 0 rings (SSSR count). The SMILES string of the molecule is C=CC(C)(CCC=C(C)C)OC(CC(C)CCC=C(C)C)OC(C)(C=C)CCC=C(C)C. The van der Waals surface area contributed by atoms with Crippen molar-refractivity contribution >= 4 is 0 Å². The molecule has 0 aliphatic rings. The van der Waals surface area contributed by atoms with Crippen molar-refractivity contribution in [3.05, 3.63) is 60.3 Å². The number of allylic oxidation sites excluding steroid dienone is 6. The highest BCUT2D eigenvalue weighted by Gasteiger charge is 2.32. The standard InChI is InChI=1S/C30H52O2/c1-12-29(10,21-15-18-25(5)6)31-28(23-27(9)20-14-17-24(3)4)32-30(11,13-2)22-16-19-26(7)8/h12-13,17-19,27-28H,1-2,14-16,20-23H2,3-11H3. The smallest absolute Gasteiger partial charge is 0.160 e. The summed E-state index contributed by atoms with van der Waals surface area (Å²) in [6.07, 6.45) is 17.2. The molecule has 32 heavy (non-hydrogen) atoms. The molecule has 0 fully saturated rings. The van der Waals surface area contributed by atoms with Crippen molar-refractivity contribution < 1.29 is 9.47 Å². The molecule has 0 bridgehead atoms. The van der Waals surface area contributed by atoms with Crippen LogP contribution in [0.25, 0.3) is 0 Å². The second kappa shape index (κ2) is 15.5. The topological polar surface area (TPSA) is 18.5 Å². The van der Waals surface area contributed by atoms with E-state index in [0.717, 1.165) is 44.9 Å². The normalized spacial score (nSPS) is 16.7. The van der Waals surface area contributed by atoms with Gasteiger partial charge in [0.25, 0.3) is 0 Å². The van der Waals surface area contributed by atoms with Gasteiger partial charge in [-0.1, -0.05) is 54.0 Å². The molecule has 0 aliphatic heterocycles. The van der Waals surface area contributed by atoms with Gasteiger partial charge in [0.2, 0.25) is 0 Å². The molecule has 0 aromatic heterocycles. The summed E-state index contributed by atoms with van der Waals surface area (Å²) >= 11 is 0. The van der Waals surface area contributed by atoms with Crippen molar-refractivity contribution in [2.75, 3.05) is 0 Å². The van der Waals surface area contributed by atoms with E-state index in [0.29, 0.717) is 5.92 Å². The van der Waals surface area contributed by atoms with Gasteiger partial charge in [-0.3, -0.25) is 0 Å². The lowest BCUT2D eigenvalue weighted by atomic mass is 9.96. The second-order valence-electron chi connectivity index (χ2n) is 10.5. The summed E-state index contributed by atoms with van der Waals surface area (Å²) in [6, 6.07) is 0. The Hall–Kier alpha value is -1.38. The maximum atomic E-state index is 6.64. The highest BCUT2D eigenvalue weighted by molar-refractivity contribution is 5.01. The van der Waals surface area contributed by atoms with Crippen LogP contribution >= 0.6 is 0 Å². The molecule has 0 aromatic carbocycles. The van der Waals surface area contributed by atoms with Crippen LogP contribution in [0.5, 0.6) is 0 Å². The molecule has 0 spiro atoms. The van der Waals surface area contributed by atoms with E-state index in [1.165, 1.54) is 16.7 Å². The number of rotatable bonds is 17. The molecule has 0 saturated carbocycles. The maximum absolute atomic E-state index is 6.64. The molecule has 184 valence electrons. The van der Waals surface area contributed by atoms with Gasteiger partial charge in [0.15, 0.2) is 6.29 Å². The van der Waals surface area contributed by atoms with Crippen molar-refractivity contribution in [3.63, 3.8) is 0 Å². The Kier molecular flexibility index (Phi) is 14.8. The molecule has 0 heterocycles. The minimum absolute atomic E-state index is 0.305. The van der Waals surface area contributed by atoms with Crippen LogP contribution in [0.3, 0.4) is 0 Å². The molecule has 0 saturated heterocycles. The summed E-state index contributed by atoms with van der Waals surface area (Å²) in [4.78, 5) is 0. The molecule has 2 nitrogen and oxygen atoms in total. The Labute approximate surface area is 200 Å². The van der Waals surface area contributed by atoms with Crippen LogP contribution in [0, 0.1) is 5.92 Å². The van der Waals surface area contributed by atoms with Gasteiger partial charge in [-0.15, -0.1) is 13.2 Å². The van der Waals surface area contributed by atoms with Gasteiger partial charge in [0.05, 0.1) is 11.2 Å². The second-order valence-corrected chi connectivity index (χ2v) is 10.5. The van der Waals surface area contributed by atoms with Crippen molar-refractivity contribution in [1.82, 2.24) is 0 Å². The molecule has 0 amide bonds. The fourth-order valence-electron chi connectivity index (χ4n) is 3.54. The average Bonchev–Trinajstić information content (AvgIpc) is 2.66. The van der Waals surface area contributed by atoms with E-state index in [2.05, 4.69) is 93.7 Å². The molecule has 3 atom stereocenters. The molecular weight excluding hydrogens is 392 g/mol. The van der Waals surface area contributed by atoms with Gasteiger partial charge < -0.3 is 9.47 Å². The highest BCUT2D eigenvalue weighted by atomic mass is 16.7. The highest BCUT2D eigenvalue weighted by Crippen LogP contribution is 2.31. The summed E-state index contributed by atoms with van der Waals surface area (Å²) in [5.41, 5.74) is 3.17. The van der Waals surface area contributed by atoms with Gasteiger partial charge in [-0.05, 0) is 99.8 Å². The first-order valence-electron chi connectivity index (χ1n) is 12.4. The Morgan fingerprint density at radius 2 is 1.09 bits per heavy atom. The van der Waals surface area contributed by atoms with Crippen LogP contribution in [0.4, 0.5) is 0 Å². The quantitative estimate of drug-likeness (QED) is 0.164. The van der Waals surface area contributed by atoms with E-state index >= 15 is 0 Å². The Morgan fingerprint density at radius 3 is 1.44 bits per heavy atom. The summed E-state index contributed by atoms with van der Waals surface area (Å²) in [5, 5.41) is 0. The molecule has 3 unspecified atom stereocenters. The summed E-state index contributed by atoms with van der Waals surface area (Å²) in [5.74, 6) is 0.495. The first-order chi connectivity index (χ1) is 14.8. The van der Waals surface area contributed by atoms with E-state index in [1.54, 1.807) is 0 Å². The van der Waals surface area contributed by atoms with Gasteiger partial charge in [-0.2, -0.15) is 0 Å². The Morgan fingerprint density at radius 1 is 0.719 bits per heavy atom. The first kappa shape index (κ1) is 30.6. The van der Waals surface area contributed by atoms with Gasteiger partial charge in [0, 0.05) is 6.42 Å². The van der Waals surface area contributed by atoms with E-state index in [9.17, 15) is 0 Å². The van der Waals surface area contributed by atoms with Crippen molar-refractivity contribution in [2.24, 2.45) is 5.92 Å². The minimum Gasteiger partial charge on any atom is -0.342 e. The van der Waals surface area contributed by atoms with E-state index < -0.39 is 11.2 Å². The monoisotopic (exact) mass is 444 g/mol. The molecule has 0 radical (unpaired) electrons. The van der Waals surface area contributed by atoms with Gasteiger partial charge in [-0.25, -0.2) is 0 Å². The fraction of sp³-hybridized carbons (Fsp3) is 0.667. The zero-order chi connectivity index (χ0) is 24.8. The van der Waals surface area contributed by atoms with Crippen LogP contribution in [-0.4, -0.2) is 17.5 Å². The third-order valence-corrected chi connectivity index (χ3v) is 5.86. The predicted molar refractivity (Wildman–Crippen MR) is 143 cm³/mol. The summed E-state index contributed by atoms with van der Waals surface area (Å²) in [6.45, 7) is 27.5. The fourth-order valence-corrected chi connectivity index (χ4v) is 3.54. The van der Waals surface area contributed by atoms with E-state index in [-0.39, 0.29) is 6.29 Å². The minimum atomic E-state index is -0.432. The van der Waals surface area contributed by atoms with Crippen LogP contribution in [0.1, 0.15) is 107 Å². The van der Waals surface area contributed by atoms with Crippen LogP contribution in [0.2, 0.25) is 0 Å². The third kappa shape index (κ3) is 14.6. The molecular formula is C30H52O2. The largest absolute Gasteiger partial charge is 0.342 e. The Bertz CT molecular complexity index is 600. The Balaban J connectivity index is 5.48. The molecule has 0 N–H and O–H groups in total. The van der Waals surface area contributed by atoms with E-state index in [4.69, 9.17) is 9.47 Å². The maximum Gasteiger partial charge on any atom is 0.160 e. The van der Waals surface area contributed by atoms with Crippen LogP contribution in [0.15, 0.2) is 60.3 Å². The lowest BCUT2D eigenvalue weighted by Crippen LogP contribution is -2.40.